The van der Waals surface area contributed by atoms with Gasteiger partial charge in [-0.2, -0.15) is 0 Å². The monoisotopic (exact) mass is 384 g/mol. The fourth-order valence-electron chi connectivity index (χ4n) is 3.69. The lowest BCUT2D eigenvalue weighted by atomic mass is 9.97. The van der Waals surface area contributed by atoms with Gasteiger partial charge in [0.25, 0.3) is 5.56 Å². The van der Waals surface area contributed by atoms with Gasteiger partial charge >= 0.3 is 0 Å². The van der Waals surface area contributed by atoms with Crippen molar-refractivity contribution >= 4 is 5.91 Å². The Morgan fingerprint density at radius 2 is 2.25 bits per heavy atom. The van der Waals surface area contributed by atoms with E-state index in [2.05, 4.69) is 32.3 Å². The number of likely N-dealkylation sites (tertiary alicyclic amines) is 1. The molecule has 1 saturated heterocycles. The van der Waals surface area contributed by atoms with Crippen molar-refractivity contribution in [2.45, 2.75) is 32.9 Å². The molecule has 3 rings (SSSR count). The van der Waals surface area contributed by atoms with Crippen LogP contribution in [0.3, 0.4) is 0 Å². The summed E-state index contributed by atoms with van der Waals surface area (Å²) in [5.74, 6) is 1.08. The molecule has 150 valence electrons. The SMILES string of the molecule is COCc1cc(=O)[nH]c(-c2cccc(CN3CCC[C@H](CNC(C)=O)C3)c2)n1. The van der Waals surface area contributed by atoms with Gasteiger partial charge in [0.05, 0.1) is 12.3 Å². The Balaban J connectivity index is 1.70. The van der Waals surface area contributed by atoms with Crippen LogP contribution in [-0.2, 0) is 22.7 Å². The van der Waals surface area contributed by atoms with E-state index >= 15 is 0 Å². The van der Waals surface area contributed by atoms with Gasteiger partial charge in [-0.05, 0) is 36.9 Å². The van der Waals surface area contributed by atoms with Crippen molar-refractivity contribution in [2.75, 3.05) is 26.7 Å². The fourth-order valence-corrected chi connectivity index (χ4v) is 3.69. The maximum atomic E-state index is 11.9. The number of hydrogen-bond donors (Lipinski definition) is 2. The summed E-state index contributed by atoms with van der Waals surface area (Å²) in [6, 6.07) is 9.57. The number of nitrogens with one attached hydrogen (secondary N) is 2. The van der Waals surface area contributed by atoms with Gasteiger partial charge in [0, 0.05) is 45.3 Å². The van der Waals surface area contributed by atoms with Gasteiger partial charge < -0.3 is 15.0 Å². The summed E-state index contributed by atoms with van der Waals surface area (Å²) in [5, 5.41) is 2.93. The molecule has 2 heterocycles. The molecule has 1 fully saturated rings. The van der Waals surface area contributed by atoms with Gasteiger partial charge in [0.1, 0.15) is 5.82 Å². The first-order valence-corrected chi connectivity index (χ1v) is 9.69. The summed E-state index contributed by atoms with van der Waals surface area (Å²) < 4.78 is 5.09. The van der Waals surface area contributed by atoms with Crippen molar-refractivity contribution in [1.29, 1.82) is 0 Å². The highest BCUT2D eigenvalue weighted by atomic mass is 16.5. The zero-order chi connectivity index (χ0) is 19.9. The van der Waals surface area contributed by atoms with Gasteiger partial charge in [0.15, 0.2) is 0 Å². The third-order valence-corrected chi connectivity index (χ3v) is 4.94. The smallest absolute Gasteiger partial charge is 0.251 e. The van der Waals surface area contributed by atoms with E-state index in [1.807, 2.05) is 12.1 Å². The van der Waals surface area contributed by atoms with Crippen LogP contribution in [0, 0.1) is 5.92 Å². The van der Waals surface area contributed by atoms with Gasteiger partial charge in [-0.15, -0.1) is 0 Å². The van der Waals surface area contributed by atoms with Crippen LogP contribution in [0.5, 0.6) is 0 Å². The van der Waals surface area contributed by atoms with Gasteiger partial charge in [0.2, 0.25) is 5.91 Å². The lowest BCUT2D eigenvalue weighted by Crippen LogP contribution is -2.40. The highest BCUT2D eigenvalue weighted by Gasteiger charge is 2.20. The van der Waals surface area contributed by atoms with E-state index in [9.17, 15) is 9.59 Å². The second-order valence-electron chi connectivity index (χ2n) is 7.40. The second-order valence-corrected chi connectivity index (χ2v) is 7.40. The van der Waals surface area contributed by atoms with Crippen LogP contribution < -0.4 is 10.9 Å². The third kappa shape index (κ3) is 5.74. The van der Waals surface area contributed by atoms with E-state index in [0.29, 0.717) is 24.0 Å². The third-order valence-electron chi connectivity index (χ3n) is 4.94. The van der Waals surface area contributed by atoms with Crippen LogP contribution in [0.4, 0.5) is 0 Å². The Labute approximate surface area is 165 Å². The number of amides is 1. The zero-order valence-corrected chi connectivity index (χ0v) is 16.5. The van der Waals surface area contributed by atoms with Crippen molar-refractivity contribution in [3.63, 3.8) is 0 Å². The number of ether oxygens (including phenoxy) is 1. The predicted molar refractivity (Wildman–Crippen MR) is 108 cm³/mol. The molecule has 0 bridgehead atoms. The molecule has 0 radical (unpaired) electrons. The number of rotatable bonds is 7. The molecule has 1 aromatic carbocycles. The van der Waals surface area contributed by atoms with Crippen LogP contribution in [0.15, 0.2) is 35.1 Å². The van der Waals surface area contributed by atoms with Crippen LogP contribution in [0.1, 0.15) is 31.0 Å². The predicted octanol–water partition coefficient (Wildman–Crippen LogP) is 1.93. The van der Waals surface area contributed by atoms with E-state index in [-0.39, 0.29) is 11.5 Å². The average Bonchev–Trinajstić information content (AvgIpc) is 2.67. The first kappa shape index (κ1) is 20.2. The molecule has 1 amide bonds. The molecule has 0 saturated carbocycles. The number of aromatic amines is 1. The highest BCUT2D eigenvalue weighted by Crippen LogP contribution is 2.21. The lowest BCUT2D eigenvalue weighted by Gasteiger charge is -2.32. The highest BCUT2D eigenvalue weighted by molar-refractivity contribution is 5.72. The number of nitrogens with zero attached hydrogens (tertiary/aromatic N) is 2. The van der Waals surface area contributed by atoms with E-state index in [4.69, 9.17) is 4.74 Å². The minimum atomic E-state index is -0.181. The summed E-state index contributed by atoms with van der Waals surface area (Å²) in [4.78, 5) is 32.8. The van der Waals surface area contributed by atoms with Crippen LogP contribution in [0.25, 0.3) is 11.4 Å². The Morgan fingerprint density at radius 1 is 1.39 bits per heavy atom. The number of benzene rings is 1. The first-order chi connectivity index (χ1) is 13.5. The fraction of sp³-hybridized carbons (Fsp3) is 0.476. The van der Waals surface area contributed by atoms with Crippen molar-refractivity contribution in [3.8, 4) is 11.4 Å². The Bertz CT molecular complexity index is 865. The summed E-state index contributed by atoms with van der Waals surface area (Å²) in [5.41, 5.74) is 2.50. The van der Waals surface area contributed by atoms with E-state index in [1.54, 1.807) is 14.0 Å². The molecule has 1 aliphatic heterocycles. The van der Waals surface area contributed by atoms with E-state index in [0.717, 1.165) is 44.6 Å². The number of methoxy groups -OCH3 is 1. The normalized spacial score (nSPS) is 17.4. The molecule has 2 aromatic rings. The number of piperidine rings is 1. The quantitative estimate of drug-likeness (QED) is 0.762. The molecule has 7 heteroatoms. The van der Waals surface area contributed by atoms with Crippen molar-refractivity contribution < 1.29 is 9.53 Å². The molecule has 0 unspecified atom stereocenters. The Kier molecular flexibility index (Phi) is 6.95. The van der Waals surface area contributed by atoms with Gasteiger partial charge in [-0.3, -0.25) is 14.5 Å². The first-order valence-electron chi connectivity index (χ1n) is 9.69. The standard InChI is InChI=1S/C21H28N4O3/c1-15(26)22-11-17-6-4-8-25(13-17)12-16-5-3-7-18(9-16)21-23-19(14-28-2)10-20(27)24-21/h3,5,7,9-10,17H,4,6,8,11-14H2,1-2H3,(H,22,26)(H,23,24,27)/t17-/m1/s1. The molecular weight excluding hydrogens is 356 g/mol. The number of aromatic nitrogens is 2. The van der Waals surface area contributed by atoms with Crippen molar-refractivity contribution in [1.82, 2.24) is 20.2 Å². The minimum Gasteiger partial charge on any atom is -0.378 e. The Morgan fingerprint density at radius 3 is 3.04 bits per heavy atom. The maximum absolute atomic E-state index is 11.9. The summed E-state index contributed by atoms with van der Waals surface area (Å²) in [6.07, 6.45) is 2.28. The molecule has 1 atom stereocenters. The molecular formula is C21H28N4O3. The topological polar surface area (TPSA) is 87.3 Å². The number of hydrogen-bond acceptors (Lipinski definition) is 5. The average molecular weight is 384 g/mol. The van der Waals surface area contributed by atoms with Crippen LogP contribution >= 0.6 is 0 Å². The second kappa shape index (κ2) is 9.61. The molecule has 2 N–H and O–H groups in total. The zero-order valence-electron chi connectivity index (χ0n) is 16.5. The number of carbonyl (C=O) groups is 1. The molecule has 0 spiro atoms. The Hall–Kier alpha value is -2.51. The summed E-state index contributed by atoms with van der Waals surface area (Å²) in [7, 11) is 1.58. The molecule has 1 aliphatic rings. The summed E-state index contributed by atoms with van der Waals surface area (Å²) >= 11 is 0. The molecule has 0 aliphatic carbocycles. The maximum Gasteiger partial charge on any atom is 0.251 e. The largest absolute Gasteiger partial charge is 0.378 e. The molecule has 1 aromatic heterocycles. The van der Waals surface area contributed by atoms with E-state index < -0.39 is 0 Å². The van der Waals surface area contributed by atoms with Crippen LogP contribution in [-0.4, -0.2) is 47.5 Å². The van der Waals surface area contributed by atoms with Gasteiger partial charge in [-0.1, -0.05) is 18.2 Å². The lowest BCUT2D eigenvalue weighted by molar-refractivity contribution is -0.119. The van der Waals surface area contributed by atoms with E-state index in [1.165, 1.54) is 11.6 Å². The van der Waals surface area contributed by atoms with Crippen LogP contribution in [0.2, 0.25) is 0 Å². The number of H-pyrrole nitrogens is 1. The molecule has 7 nitrogen and oxygen atoms in total. The van der Waals surface area contributed by atoms with Crippen molar-refractivity contribution in [3.05, 3.63) is 51.9 Å². The van der Waals surface area contributed by atoms with Crippen molar-refractivity contribution in [2.24, 2.45) is 5.92 Å². The van der Waals surface area contributed by atoms with Gasteiger partial charge in [-0.25, -0.2) is 4.98 Å². The molecule has 28 heavy (non-hydrogen) atoms. The minimum absolute atomic E-state index is 0.0296. The number of carbonyl (C=O) groups excluding carboxylic acids is 1. The summed E-state index contributed by atoms with van der Waals surface area (Å²) in [6.45, 7) is 5.48.